The molecule has 2 heterocycles. The molecule has 0 aromatic heterocycles. The Morgan fingerprint density at radius 1 is 1.25 bits per heavy atom. The van der Waals surface area contributed by atoms with E-state index in [-0.39, 0.29) is 30.6 Å². The van der Waals surface area contributed by atoms with Crippen molar-refractivity contribution in [3.63, 3.8) is 0 Å². The lowest BCUT2D eigenvalue weighted by Gasteiger charge is -2.35. The zero-order valence-electron chi connectivity index (χ0n) is 12.2. The Bertz CT molecular complexity index is 343. The van der Waals surface area contributed by atoms with Crippen molar-refractivity contribution in [2.24, 2.45) is 0 Å². The van der Waals surface area contributed by atoms with Crippen molar-refractivity contribution in [1.29, 1.82) is 0 Å². The normalized spacial score (nSPS) is 24.4. The molecule has 0 spiro atoms. The van der Waals surface area contributed by atoms with E-state index < -0.39 is 0 Å². The Balaban J connectivity index is 1.83. The van der Waals surface area contributed by atoms with Crippen LogP contribution in [0.5, 0.6) is 0 Å². The highest BCUT2D eigenvalue weighted by atomic mass is 16.5. The molecule has 2 aliphatic rings. The van der Waals surface area contributed by atoms with E-state index in [1.165, 1.54) is 0 Å². The molecule has 2 N–H and O–H groups in total. The molecular formula is C14H25N3O3. The summed E-state index contributed by atoms with van der Waals surface area (Å²) in [6, 6.07) is -0.321. The van der Waals surface area contributed by atoms with Crippen LogP contribution in [-0.2, 0) is 14.3 Å². The standard InChI is InChI=1S/C14H25N3O3/c1-15-14(19)12-4-2-3-9-17(12)13(18)10-20-11-5-7-16-8-6-11/h11-12,16H,2-10H2,1H3,(H,15,19). The lowest BCUT2D eigenvalue weighted by molar-refractivity contribution is -0.147. The number of hydrogen-bond acceptors (Lipinski definition) is 4. The molecule has 0 bridgehead atoms. The van der Waals surface area contributed by atoms with Crippen LogP contribution >= 0.6 is 0 Å². The summed E-state index contributed by atoms with van der Waals surface area (Å²) < 4.78 is 5.70. The van der Waals surface area contributed by atoms with E-state index in [0.717, 1.165) is 45.2 Å². The maximum atomic E-state index is 12.3. The summed E-state index contributed by atoms with van der Waals surface area (Å²) in [6.45, 7) is 2.65. The minimum Gasteiger partial charge on any atom is -0.368 e. The van der Waals surface area contributed by atoms with Crippen LogP contribution in [0.15, 0.2) is 0 Å². The predicted octanol–water partition coefficient (Wildman–Crippen LogP) is -0.118. The van der Waals surface area contributed by atoms with Gasteiger partial charge in [0, 0.05) is 13.6 Å². The molecule has 2 rings (SSSR count). The maximum Gasteiger partial charge on any atom is 0.249 e. The smallest absolute Gasteiger partial charge is 0.249 e. The third-order valence-corrected chi connectivity index (χ3v) is 4.10. The van der Waals surface area contributed by atoms with Crippen LogP contribution in [0.1, 0.15) is 32.1 Å². The van der Waals surface area contributed by atoms with Crippen LogP contribution < -0.4 is 10.6 Å². The molecule has 6 nitrogen and oxygen atoms in total. The highest BCUT2D eigenvalue weighted by Crippen LogP contribution is 2.18. The number of nitrogens with zero attached hydrogens (tertiary/aromatic N) is 1. The number of likely N-dealkylation sites (N-methyl/N-ethyl adjacent to an activating group) is 1. The number of ether oxygens (including phenoxy) is 1. The van der Waals surface area contributed by atoms with Crippen LogP contribution in [0.4, 0.5) is 0 Å². The first-order valence-corrected chi connectivity index (χ1v) is 7.55. The van der Waals surface area contributed by atoms with E-state index in [1.54, 1.807) is 11.9 Å². The van der Waals surface area contributed by atoms with E-state index in [0.29, 0.717) is 6.54 Å². The maximum absolute atomic E-state index is 12.3. The van der Waals surface area contributed by atoms with Gasteiger partial charge in [-0.25, -0.2) is 0 Å². The van der Waals surface area contributed by atoms with E-state index in [9.17, 15) is 9.59 Å². The van der Waals surface area contributed by atoms with Gasteiger partial charge in [0.2, 0.25) is 11.8 Å². The van der Waals surface area contributed by atoms with Gasteiger partial charge in [0.15, 0.2) is 0 Å². The van der Waals surface area contributed by atoms with E-state index in [4.69, 9.17) is 4.74 Å². The summed E-state index contributed by atoms with van der Waals surface area (Å²) >= 11 is 0. The first-order valence-electron chi connectivity index (χ1n) is 7.55. The molecule has 20 heavy (non-hydrogen) atoms. The average Bonchev–Trinajstić information content (AvgIpc) is 2.52. The molecule has 114 valence electrons. The number of likely N-dealkylation sites (tertiary alicyclic amines) is 1. The molecule has 0 aromatic carbocycles. The van der Waals surface area contributed by atoms with Gasteiger partial charge in [-0.15, -0.1) is 0 Å². The van der Waals surface area contributed by atoms with Crippen molar-refractivity contribution in [3.05, 3.63) is 0 Å². The van der Waals surface area contributed by atoms with E-state index in [1.807, 2.05) is 0 Å². The third-order valence-electron chi connectivity index (χ3n) is 4.10. The van der Waals surface area contributed by atoms with Gasteiger partial charge in [-0.1, -0.05) is 0 Å². The minimum absolute atomic E-state index is 0.0585. The van der Waals surface area contributed by atoms with Gasteiger partial charge < -0.3 is 20.3 Å². The molecule has 1 atom stereocenters. The Morgan fingerprint density at radius 2 is 2.00 bits per heavy atom. The number of rotatable bonds is 4. The molecule has 6 heteroatoms. The van der Waals surface area contributed by atoms with Crippen molar-refractivity contribution in [3.8, 4) is 0 Å². The van der Waals surface area contributed by atoms with E-state index >= 15 is 0 Å². The van der Waals surface area contributed by atoms with Crippen LogP contribution in [0.25, 0.3) is 0 Å². The molecule has 2 fully saturated rings. The molecule has 2 aliphatic heterocycles. The number of carbonyl (C=O) groups is 2. The third kappa shape index (κ3) is 3.93. The summed E-state index contributed by atoms with van der Waals surface area (Å²) in [5.41, 5.74) is 0. The Labute approximate surface area is 120 Å². The molecule has 1 unspecified atom stereocenters. The molecule has 2 saturated heterocycles. The number of amides is 2. The molecule has 0 aromatic rings. The molecule has 0 saturated carbocycles. The fourth-order valence-corrected chi connectivity index (χ4v) is 2.90. The molecular weight excluding hydrogens is 258 g/mol. The fraction of sp³-hybridized carbons (Fsp3) is 0.857. The highest BCUT2D eigenvalue weighted by Gasteiger charge is 2.31. The topological polar surface area (TPSA) is 70.7 Å². The van der Waals surface area contributed by atoms with Gasteiger partial charge in [0.1, 0.15) is 12.6 Å². The average molecular weight is 283 g/mol. The van der Waals surface area contributed by atoms with Gasteiger partial charge in [-0.05, 0) is 45.2 Å². The quantitative estimate of drug-likeness (QED) is 0.755. The first kappa shape index (κ1) is 15.3. The summed E-state index contributed by atoms with van der Waals surface area (Å²) in [5, 5.41) is 5.91. The second kappa shape index (κ2) is 7.59. The molecule has 2 amide bonds. The highest BCUT2D eigenvalue weighted by molar-refractivity contribution is 5.88. The summed E-state index contributed by atoms with van der Waals surface area (Å²) in [5.74, 6) is -0.128. The van der Waals surface area contributed by atoms with Gasteiger partial charge >= 0.3 is 0 Å². The second-order valence-electron chi connectivity index (χ2n) is 5.47. The first-order chi connectivity index (χ1) is 9.72. The zero-order valence-corrected chi connectivity index (χ0v) is 12.2. The minimum atomic E-state index is -0.321. The van der Waals surface area contributed by atoms with Crippen LogP contribution in [-0.4, -0.2) is 62.1 Å². The van der Waals surface area contributed by atoms with E-state index in [2.05, 4.69) is 10.6 Å². The van der Waals surface area contributed by atoms with Gasteiger partial charge in [0.25, 0.3) is 0 Å². The predicted molar refractivity (Wildman–Crippen MR) is 75.3 cm³/mol. The second-order valence-corrected chi connectivity index (χ2v) is 5.47. The number of piperidine rings is 2. The van der Waals surface area contributed by atoms with Crippen molar-refractivity contribution in [2.75, 3.05) is 33.3 Å². The largest absolute Gasteiger partial charge is 0.368 e. The lowest BCUT2D eigenvalue weighted by atomic mass is 10.0. The zero-order chi connectivity index (χ0) is 14.4. The Morgan fingerprint density at radius 3 is 2.70 bits per heavy atom. The number of hydrogen-bond donors (Lipinski definition) is 2. The van der Waals surface area contributed by atoms with Crippen molar-refractivity contribution in [2.45, 2.75) is 44.2 Å². The van der Waals surface area contributed by atoms with Gasteiger partial charge in [-0.3, -0.25) is 9.59 Å². The Kier molecular flexibility index (Phi) is 5.79. The van der Waals surface area contributed by atoms with Crippen LogP contribution in [0.3, 0.4) is 0 Å². The molecule has 0 radical (unpaired) electrons. The fourth-order valence-electron chi connectivity index (χ4n) is 2.90. The van der Waals surface area contributed by atoms with Crippen molar-refractivity contribution >= 4 is 11.8 Å². The van der Waals surface area contributed by atoms with Crippen LogP contribution in [0, 0.1) is 0 Å². The Hall–Kier alpha value is -1.14. The lowest BCUT2D eigenvalue weighted by Crippen LogP contribution is -2.52. The van der Waals surface area contributed by atoms with Crippen LogP contribution in [0.2, 0.25) is 0 Å². The molecule has 0 aliphatic carbocycles. The summed E-state index contributed by atoms with van der Waals surface area (Å²) in [7, 11) is 1.62. The summed E-state index contributed by atoms with van der Waals surface area (Å²) in [6.07, 6.45) is 4.78. The summed E-state index contributed by atoms with van der Waals surface area (Å²) in [4.78, 5) is 25.8. The van der Waals surface area contributed by atoms with Crippen molar-refractivity contribution in [1.82, 2.24) is 15.5 Å². The SMILES string of the molecule is CNC(=O)C1CCCCN1C(=O)COC1CCNCC1. The number of carbonyl (C=O) groups excluding carboxylic acids is 2. The monoisotopic (exact) mass is 283 g/mol. The van der Waals surface area contributed by atoms with Crippen molar-refractivity contribution < 1.29 is 14.3 Å². The van der Waals surface area contributed by atoms with Gasteiger partial charge in [0.05, 0.1) is 6.10 Å². The number of nitrogens with one attached hydrogen (secondary N) is 2. The van der Waals surface area contributed by atoms with Gasteiger partial charge in [-0.2, -0.15) is 0 Å².